The van der Waals surface area contributed by atoms with Crippen LogP contribution in [0.15, 0.2) is 24.5 Å². The molecule has 0 radical (unpaired) electrons. The fourth-order valence-electron chi connectivity index (χ4n) is 3.14. The van der Waals surface area contributed by atoms with Gasteiger partial charge in [-0.1, -0.05) is 0 Å². The molecule has 7 heteroatoms. The van der Waals surface area contributed by atoms with Gasteiger partial charge in [-0.3, -0.25) is 9.78 Å². The van der Waals surface area contributed by atoms with Crippen molar-refractivity contribution in [2.45, 2.75) is 38.3 Å². The number of piperidine rings is 1. The third-order valence-corrected chi connectivity index (χ3v) is 5.85. The second-order valence-electron chi connectivity index (χ2n) is 6.51. The Hall–Kier alpha value is -1.47. The van der Waals surface area contributed by atoms with Crippen molar-refractivity contribution in [2.24, 2.45) is 5.92 Å². The van der Waals surface area contributed by atoms with E-state index >= 15 is 0 Å². The summed E-state index contributed by atoms with van der Waals surface area (Å²) in [6, 6.07) is 4.16. The summed E-state index contributed by atoms with van der Waals surface area (Å²) >= 11 is 0. The summed E-state index contributed by atoms with van der Waals surface area (Å²) in [6.07, 6.45) is 8.28. The number of nitrogens with zero attached hydrogens (tertiary/aromatic N) is 3. The van der Waals surface area contributed by atoms with Crippen molar-refractivity contribution in [1.29, 1.82) is 0 Å². The molecule has 1 aliphatic carbocycles. The van der Waals surface area contributed by atoms with E-state index in [-0.39, 0.29) is 11.8 Å². The van der Waals surface area contributed by atoms with Gasteiger partial charge in [-0.05, 0) is 43.4 Å². The van der Waals surface area contributed by atoms with Crippen LogP contribution < -0.4 is 0 Å². The molecule has 1 saturated carbocycles. The van der Waals surface area contributed by atoms with Gasteiger partial charge in [0.1, 0.15) is 0 Å². The van der Waals surface area contributed by atoms with Gasteiger partial charge in [0.25, 0.3) is 0 Å². The molecule has 1 saturated heterocycles. The molecule has 3 rings (SSSR count). The molecular formula is C16H23N3O3S. The van der Waals surface area contributed by atoms with Gasteiger partial charge < -0.3 is 4.90 Å². The van der Waals surface area contributed by atoms with E-state index in [1.54, 1.807) is 12.4 Å². The standard InChI is InChI=1S/C16H23N3O3S/c1-23(21,22)18-10-2-3-14(12-18)16(20)19(15-4-5-15)11-13-6-8-17-9-7-13/h6-9,14-15H,2-5,10-12H2,1H3/t14-/m1/s1. The van der Waals surface area contributed by atoms with Gasteiger partial charge in [0.05, 0.1) is 12.2 Å². The molecule has 0 unspecified atom stereocenters. The predicted octanol–water partition coefficient (Wildman–Crippen LogP) is 1.24. The molecule has 0 N–H and O–H groups in total. The topological polar surface area (TPSA) is 70.6 Å². The number of hydrogen-bond donors (Lipinski definition) is 0. The van der Waals surface area contributed by atoms with Crippen molar-refractivity contribution in [3.8, 4) is 0 Å². The summed E-state index contributed by atoms with van der Waals surface area (Å²) in [5.41, 5.74) is 1.07. The van der Waals surface area contributed by atoms with E-state index in [9.17, 15) is 13.2 Å². The van der Waals surface area contributed by atoms with Gasteiger partial charge in [-0.2, -0.15) is 0 Å². The van der Waals surface area contributed by atoms with Crippen LogP contribution in [0.1, 0.15) is 31.2 Å². The molecule has 2 fully saturated rings. The van der Waals surface area contributed by atoms with Gasteiger partial charge in [0.2, 0.25) is 15.9 Å². The highest BCUT2D eigenvalue weighted by atomic mass is 32.2. The molecule has 1 aromatic heterocycles. The quantitative estimate of drug-likeness (QED) is 0.811. The second kappa shape index (κ2) is 6.57. The van der Waals surface area contributed by atoms with Crippen LogP contribution in [0.5, 0.6) is 0 Å². The van der Waals surface area contributed by atoms with Crippen LogP contribution >= 0.6 is 0 Å². The number of carbonyl (C=O) groups excluding carboxylic acids is 1. The summed E-state index contributed by atoms with van der Waals surface area (Å²) in [4.78, 5) is 18.9. The maximum absolute atomic E-state index is 12.9. The summed E-state index contributed by atoms with van der Waals surface area (Å²) < 4.78 is 25.0. The Bertz CT molecular complexity index is 658. The fraction of sp³-hybridized carbons (Fsp3) is 0.625. The summed E-state index contributed by atoms with van der Waals surface area (Å²) in [5, 5.41) is 0. The third-order valence-electron chi connectivity index (χ3n) is 4.58. The normalized spacial score (nSPS) is 22.7. The Balaban J connectivity index is 1.71. The Morgan fingerprint density at radius 3 is 2.61 bits per heavy atom. The molecule has 6 nitrogen and oxygen atoms in total. The van der Waals surface area contributed by atoms with Gasteiger partial charge in [0.15, 0.2) is 0 Å². The van der Waals surface area contributed by atoms with E-state index in [4.69, 9.17) is 0 Å². The second-order valence-corrected chi connectivity index (χ2v) is 8.50. The van der Waals surface area contributed by atoms with Crippen LogP contribution in [-0.4, -0.2) is 53.9 Å². The monoisotopic (exact) mass is 337 g/mol. The van der Waals surface area contributed by atoms with Crippen LogP contribution in [0.2, 0.25) is 0 Å². The third kappa shape index (κ3) is 4.09. The number of amides is 1. The summed E-state index contributed by atoms with van der Waals surface area (Å²) in [6.45, 7) is 1.43. The van der Waals surface area contributed by atoms with Crippen LogP contribution in [0.25, 0.3) is 0 Å². The highest BCUT2D eigenvalue weighted by Gasteiger charge is 2.38. The first kappa shape index (κ1) is 16.4. The minimum atomic E-state index is -3.23. The average molecular weight is 337 g/mol. The van der Waals surface area contributed by atoms with Crippen molar-refractivity contribution >= 4 is 15.9 Å². The number of pyridine rings is 1. The van der Waals surface area contributed by atoms with E-state index in [0.29, 0.717) is 25.7 Å². The number of carbonyl (C=O) groups is 1. The Morgan fingerprint density at radius 1 is 1.30 bits per heavy atom. The molecule has 2 aliphatic rings. The number of sulfonamides is 1. The van der Waals surface area contributed by atoms with E-state index in [0.717, 1.165) is 31.2 Å². The Kier molecular flexibility index (Phi) is 4.68. The van der Waals surface area contributed by atoms with Crippen molar-refractivity contribution in [1.82, 2.24) is 14.2 Å². The molecule has 23 heavy (non-hydrogen) atoms. The molecule has 1 amide bonds. The van der Waals surface area contributed by atoms with Gasteiger partial charge in [0, 0.05) is 38.1 Å². The highest BCUT2D eigenvalue weighted by Crippen LogP contribution is 2.31. The van der Waals surface area contributed by atoms with E-state index in [2.05, 4.69) is 4.98 Å². The Morgan fingerprint density at radius 2 is 2.00 bits per heavy atom. The highest BCUT2D eigenvalue weighted by molar-refractivity contribution is 7.88. The largest absolute Gasteiger partial charge is 0.335 e. The molecule has 2 heterocycles. The zero-order chi connectivity index (χ0) is 16.4. The minimum Gasteiger partial charge on any atom is -0.335 e. The molecule has 0 spiro atoms. The van der Waals surface area contributed by atoms with E-state index in [1.165, 1.54) is 10.6 Å². The molecule has 1 aromatic rings. The zero-order valence-corrected chi connectivity index (χ0v) is 14.2. The molecule has 1 atom stereocenters. The van der Waals surface area contributed by atoms with Crippen LogP contribution in [-0.2, 0) is 21.4 Å². The lowest BCUT2D eigenvalue weighted by atomic mass is 9.97. The van der Waals surface area contributed by atoms with Crippen molar-refractivity contribution in [2.75, 3.05) is 19.3 Å². The predicted molar refractivity (Wildman–Crippen MR) is 86.9 cm³/mol. The lowest BCUT2D eigenvalue weighted by Crippen LogP contribution is -2.46. The SMILES string of the molecule is CS(=O)(=O)N1CCC[C@@H](C(=O)N(Cc2ccncc2)C2CC2)C1. The first-order valence-corrected chi connectivity index (χ1v) is 9.94. The lowest BCUT2D eigenvalue weighted by Gasteiger charge is -2.34. The number of rotatable bonds is 5. The van der Waals surface area contributed by atoms with E-state index in [1.807, 2.05) is 17.0 Å². The fourth-order valence-corrected chi connectivity index (χ4v) is 4.05. The van der Waals surface area contributed by atoms with Gasteiger partial charge in [-0.25, -0.2) is 12.7 Å². The molecule has 126 valence electrons. The first-order valence-electron chi connectivity index (χ1n) is 8.09. The molecule has 0 aromatic carbocycles. The maximum atomic E-state index is 12.9. The van der Waals surface area contributed by atoms with E-state index < -0.39 is 10.0 Å². The summed E-state index contributed by atoms with van der Waals surface area (Å²) in [5.74, 6) is -0.126. The first-order chi connectivity index (χ1) is 10.9. The maximum Gasteiger partial charge on any atom is 0.227 e. The van der Waals surface area contributed by atoms with Crippen LogP contribution in [0.4, 0.5) is 0 Å². The molecule has 0 bridgehead atoms. The van der Waals surface area contributed by atoms with Gasteiger partial charge >= 0.3 is 0 Å². The number of hydrogen-bond acceptors (Lipinski definition) is 4. The lowest BCUT2D eigenvalue weighted by molar-refractivity contribution is -0.138. The minimum absolute atomic E-state index is 0.0951. The van der Waals surface area contributed by atoms with Crippen molar-refractivity contribution in [3.05, 3.63) is 30.1 Å². The smallest absolute Gasteiger partial charge is 0.227 e. The summed E-state index contributed by atoms with van der Waals surface area (Å²) in [7, 11) is -3.23. The van der Waals surface area contributed by atoms with Crippen LogP contribution in [0, 0.1) is 5.92 Å². The number of aromatic nitrogens is 1. The van der Waals surface area contributed by atoms with Crippen LogP contribution in [0.3, 0.4) is 0 Å². The van der Waals surface area contributed by atoms with Crippen molar-refractivity contribution in [3.63, 3.8) is 0 Å². The molecular weight excluding hydrogens is 314 g/mol. The van der Waals surface area contributed by atoms with Crippen molar-refractivity contribution < 1.29 is 13.2 Å². The molecule has 1 aliphatic heterocycles. The zero-order valence-electron chi connectivity index (χ0n) is 13.4. The van der Waals surface area contributed by atoms with Gasteiger partial charge in [-0.15, -0.1) is 0 Å². The Labute approximate surface area is 137 Å². The average Bonchev–Trinajstić information content (AvgIpc) is 3.37.